The van der Waals surface area contributed by atoms with Crippen molar-refractivity contribution >= 4 is 17.6 Å². The second kappa shape index (κ2) is 6.02. The van der Waals surface area contributed by atoms with Crippen molar-refractivity contribution < 1.29 is 24.2 Å². The number of hydrogen-bond acceptors (Lipinski definition) is 4. The molecular weight excluding hydrogens is 238 g/mol. The van der Waals surface area contributed by atoms with Crippen LogP contribution in [-0.2, 0) is 9.53 Å². The van der Waals surface area contributed by atoms with Crippen molar-refractivity contribution in [3.05, 3.63) is 23.8 Å². The van der Waals surface area contributed by atoms with Gasteiger partial charge in [0.15, 0.2) is 0 Å². The van der Waals surface area contributed by atoms with Crippen LogP contribution in [-0.4, -0.2) is 37.3 Å². The number of benzene rings is 1. The monoisotopic (exact) mass is 253 g/mol. The zero-order chi connectivity index (χ0) is 13.7. The maximum Gasteiger partial charge on any atom is 0.335 e. The van der Waals surface area contributed by atoms with Gasteiger partial charge in [-0.1, -0.05) is 0 Å². The van der Waals surface area contributed by atoms with Gasteiger partial charge in [-0.3, -0.25) is 4.79 Å². The number of carbonyl (C=O) groups excluding carboxylic acids is 1. The lowest BCUT2D eigenvalue weighted by Crippen LogP contribution is -2.26. The first-order valence-electron chi connectivity index (χ1n) is 5.24. The zero-order valence-corrected chi connectivity index (χ0v) is 10.4. The van der Waals surface area contributed by atoms with Gasteiger partial charge in [-0.2, -0.15) is 0 Å². The number of hydrogen-bond donors (Lipinski definition) is 2. The highest BCUT2D eigenvalue weighted by atomic mass is 16.5. The Balaban J connectivity index is 3.01. The molecule has 0 saturated heterocycles. The Bertz CT molecular complexity index is 458. The summed E-state index contributed by atoms with van der Waals surface area (Å²) in [4.78, 5) is 22.5. The third kappa shape index (κ3) is 3.21. The number of amides is 1. The first-order chi connectivity index (χ1) is 8.49. The smallest absolute Gasteiger partial charge is 0.335 e. The SMILES string of the molecule is COc1ccc(C(=O)O)cc1NC(=O)C(C)OC. The van der Waals surface area contributed by atoms with Crippen LogP contribution in [0.15, 0.2) is 18.2 Å². The van der Waals surface area contributed by atoms with Gasteiger partial charge in [0.05, 0.1) is 18.4 Å². The molecule has 1 aromatic carbocycles. The van der Waals surface area contributed by atoms with Crippen LogP contribution >= 0.6 is 0 Å². The maximum absolute atomic E-state index is 11.7. The van der Waals surface area contributed by atoms with Crippen LogP contribution in [0, 0.1) is 0 Å². The Morgan fingerprint density at radius 1 is 1.33 bits per heavy atom. The Morgan fingerprint density at radius 3 is 2.50 bits per heavy atom. The molecule has 1 amide bonds. The standard InChI is InChI=1S/C12H15NO5/c1-7(17-2)11(14)13-9-6-8(12(15)16)4-5-10(9)18-3/h4-7H,1-3H3,(H,13,14)(H,15,16). The third-order valence-corrected chi connectivity index (χ3v) is 2.43. The predicted molar refractivity (Wildman–Crippen MR) is 65.1 cm³/mol. The lowest BCUT2D eigenvalue weighted by molar-refractivity contribution is -0.124. The van der Waals surface area contributed by atoms with E-state index in [1.54, 1.807) is 6.92 Å². The van der Waals surface area contributed by atoms with E-state index < -0.39 is 12.1 Å². The molecule has 0 aliphatic carbocycles. The molecule has 0 aliphatic rings. The summed E-state index contributed by atoms with van der Waals surface area (Å²) in [6, 6.07) is 4.22. The zero-order valence-electron chi connectivity index (χ0n) is 10.4. The molecule has 6 nitrogen and oxygen atoms in total. The number of rotatable bonds is 5. The predicted octanol–water partition coefficient (Wildman–Crippen LogP) is 1.37. The average molecular weight is 253 g/mol. The number of methoxy groups -OCH3 is 2. The fourth-order valence-electron chi connectivity index (χ4n) is 1.28. The second-order valence-corrected chi connectivity index (χ2v) is 3.59. The number of ether oxygens (including phenoxy) is 2. The summed E-state index contributed by atoms with van der Waals surface area (Å²) in [5, 5.41) is 11.4. The van der Waals surface area contributed by atoms with E-state index in [-0.39, 0.29) is 11.5 Å². The van der Waals surface area contributed by atoms with E-state index in [1.165, 1.54) is 32.4 Å². The first-order valence-corrected chi connectivity index (χ1v) is 5.24. The molecule has 98 valence electrons. The number of carboxylic acid groups (broad SMARTS) is 1. The number of carboxylic acids is 1. The molecule has 1 atom stereocenters. The van der Waals surface area contributed by atoms with Gasteiger partial charge in [-0.15, -0.1) is 0 Å². The van der Waals surface area contributed by atoms with Crippen molar-refractivity contribution in [1.82, 2.24) is 0 Å². The van der Waals surface area contributed by atoms with Gasteiger partial charge >= 0.3 is 5.97 Å². The Labute approximate surface area is 105 Å². The molecule has 6 heteroatoms. The van der Waals surface area contributed by atoms with Gasteiger partial charge in [0.1, 0.15) is 11.9 Å². The van der Waals surface area contributed by atoms with Crippen molar-refractivity contribution in [2.24, 2.45) is 0 Å². The lowest BCUT2D eigenvalue weighted by Gasteiger charge is -2.13. The molecule has 18 heavy (non-hydrogen) atoms. The summed E-state index contributed by atoms with van der Waals surface area (Å²) in [6.45, 7) is 1.59. The van der Waals surface area contributed by atoms with E-state index in [9.17, 15) is 9.59 Å². The third-order valence-electron chi connectivity index (χ3n) is 2.43. The van der Waals surface area contributed by atoms with Crippen molar-refractivity contribution in [2.45, 2.75) is 13.0 Å². The largest absolute Gasteiger partial charge is 0.495 e. The van der Waals surface area contributed by atoms with Gasteiger partial charge in [0, 0.05) is 7.11 Å². The van der Waals surface area contributed by atoms with Crippen molar-refractivity contribution in [2.75, 3.05) is 19.5 Å². The first kappa shape index (κ1) is 14.0. The van der Waals surface area contributed by atoms with E-state index in [0.717, 1.165) is 0 Å². The number of aromatic carboxylic acids is 1. The fourth-order valence-corrected chi connectivity index (χ4v) is 1.28. The molecule has 0 fully saturated rings. The summed E-state index contributed by atoms with van der Waals surface area (Å²) >= 11 is 0. The Hall–Kier alpha value is -2.08. The van der Waals surface area contributed by atoms with E-state index >= 15 is 0 Å². The minimum Gasteiger partial charge on any atom is -0.495 e. The molecule has 0 bridgehead atoms. The van der Waals surface area contributed by atoms with Crippen molar-refractivity contribution in [3.63, 3.8) is 0 Å². The van der Waals surface area contributed by atoms with Crippen LogP contribution in [0.25, 0.3) is 0 Å². The van der Waals surface area contributed by atoms with Crippen LogP contribution in [0.4, 0.5) is 5.69 Å². The summed E-state index contributed by atoms with van der Waals surface area (Å²) in [6.07, 6.45) is -0.636. The minimum absolute atomic E-state index is 0.0659. The van der Waals surface area contributed by atoms with E-state index in [0.29, 0.717) is 11.4 Å². The minimum atomic E-state index is -1.08. The topological polar surface area (TPSA) is 84.9 Å². The molecule has 1 rings (SSSR count). The van der Waals surface area contributed by atoms with E-state index in [1.807, 2.05) is 0 Å². The molecule has 1 unspecified atom stereocenters. The van der Waals surface area contributed by atoms with Crippen LogP contribution in [0.2, 0.25) is 0 Å². The number of nitrogens with one attached hydrogen (secondary N) is 1. The quantitative estimate of drug-likeness (QED) is 0.827. The molecule has 1 aromatic rings. The molecule has 0 aliphatic heterocycles. The number of carbonyl (C=O) groups is 2. The van der Waals surface area contributed by atoms with Crippen molar-refractivity contribution in [3.8, 4) is 5.75 Å². The molecule has 0 heterocycles. The van der Waals surface area contributed by atoms with Gasteiger partial charge in [0.2, 0.25) is 0 Å². The van der Waals surface area contributed by atoms with Crippen molar-refractivity contribution in [1.29, 1.82) is 0 Å². The maximum atomic E-state index is 11.7. The Kier molecular flexibility index (Phi) is 4.67. The van der Waals surface area contributed by atoms with Gasteiger partial charge in [-0.05, 0) is 25.1 Å². The Morgan fingerprint density at radius 2 is 2.00 bits per heavy atom. The summed E-state index contributed by atoms with van der Waals surface area (Å²) in [5.74, 6) is -1.07. The molecular formula is C12H15NO5. The van der Waals surface area contributed by atoms with Crippen LogP contribution in [0.3, 0.4) is 0 Å². The van der Waals surface area contributed by atoms with E-state index in [4.69, 9.17) is 14.6 Å². The highest BCUT2D eigenvalue weighted by Gasteiger charge is 2.15. The fraction of sp³-hybridized carbons (Fsp3) is 0.333. The van der Waals surface area contributed by atoms with Gasteiger partial charge < -0.3 is 19.9 Å². The van der Waals surface area contributed by atoms with Crippen LogP contribution in [0.1, 0.15) is 17.3 Å². The van der Waals surface area contributed by atoms with Crippen LogP contribution < -0.4 is 10.1 Å². The summed E-state index contributed by atoms with van der Waals surface area (Å²) < 4.78 is 9.91. The lowest BCUT2D eigenvalue weighted by atomic mass is 10.2. The average Bonchev–Trinajstić information content (AvgIpc) is 2.37. The highest BCUT2D eigenvalue weighted by molar-refractivity contribution is 5.97. The van der Waals surface area contributed by atoms with Gasteiger partial charge in [0.25, 0.3) is 5.91 Å². The van der Waals surface area contributed by atoms with E-state index in [2.05, 4.69) is 5.32 Å². The summed E-state index contributed by atoms with van der Waals surface area (Å²) in [5.41, 5.74) is 0.363. The molecule has 0 aromatic heterocycles. The highest BCUT2D eigenvalue weighted by Crippen LogP contribution is 2.25. The van der Waals surface area contributed by atoms with Crippen LogP contribution in [0.5, 0.6) is 5.75 Å². The molecule has 0 saturated carbocycles. The molecule has 0 radical (unpaired) electrons. The number of anilines is 1. The van der Waals surface area contributed by atoms with Gasteiger partial charge in [-0.25, -0.2) is 4.79 Å². The summed E-state index contributed by atoms with van der Waals surface area (Å²) in [7, 11) is 2.85. The second-order valence-electron chi connectivity index (χ2n) is 3.59. The molecule has 0 spiro atoms. The normalized spacial score (nSPS) is 11.7. The molecule has 2 N–H and O–H groups in total.